The van der Waals surface area contributed by atoms with Crippen LogP contribution in [0.15, 0.2) is 23.2 Å². The van der Waals surface area contributed by atoms with E-state index >= 15 is 0 Å². The summed E-state index contributed by atoms with van der Waals surface area (Å²) in [6.45, 7) is 0. The highest BCUT2D eigenvalue weighted by Gasteiger charge is 2.48. The molecule has 0 aliphatic rings. The maximum Gasteiger partial charge on any atom is 0.501 e. The summed E-state index contributed by atoms with van der Waals surface area (Å²) in [7, 11) is -5.61. The summed E-state index contributed by atoms with van der Waals surface area (Å²) in [5, 5.41) is 5.42. The number of nitrogens with zero attached hydrogens (tertiary/aromatic N) is 1. The molecule has 0 radical (unpaired) electrons. The zero-order chi connectivity index (χ0) is 12.8. The summed E-state index contributed by atoms with van der Waals surface area (Å²) in [5.41, 5.74) is -5.86. The second-order valence-corrected chi connectivity index (χ2v) is 5.10. The molecule has 0 unspecified atom stereocenters. The fourth-order valence-corrected chi connectivity index (χ4v) is 2.28. The highest BCUT2D eigenvalue weighted by Crippen LogP contribution is 2.33. The first kappa shape index (κ1) is 11.8. The molecule has 0 aliphatic carbocycles. The van der Waals surface area contributed by atoms with Crippen LogP contribution in [0.25, 0.3) is 10.9 Å². The Morgan fingerprint density at radius 2 is 1.88 bits per heavy atom. The number of fused-ring (bicyclic) bond motifs is 1. The first-order valence-electron chi connectivity index (χ1n) is 4.17. The molecule has 0 saturated heterocycles. The van der Waals surface area contributed by atoms with Crippen molar-refractivity contribution in [3.05, 3.63) is 24.1 Å². The van der Waals surface area contributed by atoms with Gasteiger partial charge in [-0.3, -0.25) is 5.10 Å². The Labute approximate surface area is 92.2 Å². The van der Waals surface area contributed by atoms with E-state index in [0.717, 1.165) is 12.3 Å². The number of halogens is 4. The highest BCUT2D eigenvalue weighted by molar-refractivity contribution is 7.92. The normalized spacial score (nSPS) is 13.2. The molecule has 1 aromatic heterocycles. The van der Waals surface area contributed by atoms with Crippen LogP contribution in [0.5, 0.6) is 0 Å². The molecule has 1 aromatic carbocycles. The predicted octanol–water partition coefficient (Wildman–Crippen LogP) is 2.00. The first-order chi connectivity index (χ1) is 7.73. The molecular weight excluding hydrogens is 264 g/mol. The van der Waals surface area contributed by atoms with E-state index < -0.39 is 26.1 Å². The Morgan fingerprint density at radius 3 is 2.47 bits per heavy atom. The van der Waals surface area contributed by atoms with Crippen LogP contribution in [-0.2, 0) is 9.84 Å². The highest BCUT2D eigenvalue weighted by atomic mass is 32.2. The first-order valence-corrected chi connectivity index (χ1v) is 5.66. The molecule has 17 heavy (non-hydrogen) atoms. The Morgan fingerprint density at radius 1 is 1.24 bits per heavy atom. The van der Waals surface area contributed by atoms with Crippen molar-refractivity contribution in [3.63, 3.8) is 0 Å². The van der Waals surface area contributed by atoms with Crippen LogP contribution in [0.4, 0.5) is 17.6 Å². The third-order valence-electron chi connectivity index (χ3n) is 2.07. The van der Waals surface area contributed by atoms with Crippen molar-refractivity contribution in [1.82, 2.24) is 10.2 Å². The number of aromatic amines is 1. The van der Waals surface area contributed by atoms with Crippen molar-refractivity contribution in [2.24, 2.45) is 0 Å². The molecule has 92 valence electrons. The summed E-state index contributed by atoms with van der Waals surface area (Å²) in [6, 6.07) is 1.19. The fourth-order valence-electron chi connectivity index (χ4n) is 1.33. The topological polar surface area (TPSA) is 62.8 Å². The van der Waals surface area contributed by atoms with Crippen molar-refractivity contribution in [2.75, 3.05) is 0 Å². The SMILES string of the molecule is O=S(=O)(c1cc(F)cc2cn[nH]c12)C(F)(F)F. The number of rotatable bonds is 1. The summed E-state index contributed by atoms with van der Waals surface area (Å²) in [4.78, 5) is -1.17. The molecule has 2 rings (SSSR count). The minimum absolute atomic E-state index is 0.0483. The van der Waals surface area contributed by atoms with Crippen LogP contribution in [-0.4, -0.2) is 24.1 Å². The van der Waals surface area contributed by atoms with E-state index in [0.29, 0.717) is 6.07 Å². The smallest absolute Gasteiger partial charge is 0.276 e. The van der Waals surface area contributed by atoms with E-state index in [2.05, 4.69) is 10.2 Å². The van der Waals surface area contributed by atoms with Gasteiger partial charge < -0.3 is 0 Å². The average molecular weight is 268 g/mol. The van der Waals surface area contributed by atoms with Crippen molar-refractivity contribution in [2.45, 2.75) is 10.4 Å². The van der Waals surface area contributed by atoms with E-state index in [-0.39, 0.29) is 10.9 Å². The zero-order valence-electron chi connectivity index (χ0n) is 7.92. The number of H-pyrrole nitrogens is 1. The van der Waals surface area contributed by atoms with E-state index in [9.17, 15) is 26.0 Å². The molecule has 1 N–H and O–H groups in total. The van der Waals surface area contributed by atoms with E-state index in [1.165, 1.54) is 0 Å². The third kappa shape index (κ3) is 1.75. The molecule has 0 atom stereocenters. The Hall–Kier alpha value is -1.64. The number of alkyl halides is 3. The number of benzene rings is 1. The largest absolute Gasteiger partial charge is 0.501 e. The Bertz CT molecular complexity index is 674. The quantitative estimate of drug-likeness (QED) is 0.804. The number of aromatic nitrogens is 2. The Kier molecular flexibility index (Phi) is 2.38. The maximum atomic E-state index is 13.0. The van der Waals surface area contributed by atoms with Gasteiger partial charge in [0.15, 0.2) is 0 Å². The van der Waals surface area contributed by atoms with Crippen LogP contribution in [0, 0.1) is 5.82 Å². The molecule has 9 heteroatoms. The molecule has 0 saturated carbocycles. The number of hydrogen-bond acceptors (Lipinski definition) is 3. The standard InChI is InChI=1S/C8H4F4N2O2S/c9-5-1-4-3-13-14-7(4)6(2-5)17(15,16)8(10,11)12/h1-3H,(H,13,14). The number of sulfone groups is 1. The third-order valence-corrected chi connectivity index (χ3v) is 3.58. The van der Waals surface area contributed by atoms with Crippen LogP contribution in [0.2, 0.25) is 0 Å². The minimum atomic E-state index is -5.61. The summed E-state index contributed by atoms with van der Waals surface area (Å²) in [6.07, 6.45) is 1.04. The molecule has 1 heterocycles. The van der Waals surface area contributed by atoms with E-state index in [4.69, 9.17) is 0 Å². The Balaban J connectivity index is 2.84. The molecule has 4 nitrogen and oxygen atoms in total. The van der Waals surface area contributed by atoms with Gasteiger partial charge in [-0.25, -0.2) is 12.8 Å². The lowest BCUT2D eigenvalue weighted by atomic mass is 10.2. The van der Waals surface area contributed by atoms with Gasteiger partial charge in [-0.15, -0.1) is 0 Å². The molecule has 0 aliphatic heterocycles. The predicted molar refractivity (Wildman–Crippen MR) is 49.3 cm³/mol. The van der Waals surface area contributed by atoms with Crippen molar-refractivity contribution in [3.8, 4) is 0 Å². The minimum Gasteiger partial charge on any atom is -0.276 e. The van der Waals surface area contributed by atoms with Gasteiger partial charge in [0.1, 0.15) is 10.7 Å². The second kappa shape index (κ2) is 3.42. The molecule has 2 aromatic rings. The summed E-state index contributed by atoms with van der Waals surface area (Å²) >= 11 is 0. The van der Waals surface area contributed by atoms with E-state index in [1.807, 2.05) is 0 Å². The maximum absolute atomic E-state index is 13.0. The summed E-state index contributed by atoms with van der Waals surface area (Å²) in [5.74, 6) is -1.08. The zero-order valence-corrected chi connectivity index (χ0v) is 8.73. The van der Waals surface area contributed by atoms with Crippen molar-refractivity contribution >= 4 is 20.7 Å². The lowest BCUT2D eigenvalue weighted by molar-refractivity contribution is -0.0435. The monoisotopic (exact) mass is 268 g/mol. The molecule has 0 amide bonds. The van der Waals surface area contributed by atoms with Gasteiger partial charge in [0.05, 0.1) is 11.7 Å². The van der Waals surface area contributed by atoms with E-state index in [1.54, 1.807) is 0 Å². The van der Waals surface area contributed by atoms with Gasteiger partial charge in [-0.2, -0.15) is 18.3 Å². The van der Waals surface area contributed by atoms with Crippen molar-refractivity contribution in [1.29, 1.82) is 0 Å². The van der Waals surface area contributed by atoms with Gasteiger partial charge in [0, 0.05) is 5.39 Å². The van der Waals surface area contributed by atoms with Crippen LogP contribution >= 0.6 is 0 Å². The fraction of sp³-hybridized carbons (Fsp3) is 0.125. The molecule has 0 fully saturated rings. The average Bonchev–Trinajstić information content (AvgIpc) is 2.61. The second-order valence-electron chi connectivity index (χ2n) is 3.19. The molecule has 0 bridgehead atoms. The van der Waals surface area contributed by atoms with Gasteiger partial charge in [0.25, 0.3) is 9.84 Å². The van der Waals surface area contributed by atoms with Gasteiger partial charge in [0.2, 0.25) is 0 Å². The van der Waals surface area contributed by atoms with Crippen molar-refractivity contribution < 1.29 is 26.0 Å². The van der Waals surface area contributed by atoms with Crippen LogP contribution in [0.3, 0.4) is 0 Å². The number of nitrogens with one attached hydrogen (secondary N) is 1. The molecular formula is C8H4F4N2O2S. The van der Waals surface area contributed by atoms with Gasteiger partial charge in [-0.1, -0.05) is 0 Å². The lowest BCUT2D eigenvalue weighted by Crippen LogP contribution is -2.23. The van der Waals surface area contributed by atoms with Gasteiger partial charge in [-0.05, 0) is 12.1 Å². The molecule has 0 spiro atoms. The van der Waals surface area contributed by atoms with Gasteiger partial charge >= 0.3 is 5.51 Å². The lowest BCUT2D eigenvalue weighted by Gasteiger charge is -2.08. The van der Waals surface area contributed by atoms with Crippen LogP contribution in [0.1, 0.15) is 0 Å². The number of hydrogen-bond donors (Lipinski definition) is 1. The van der Waals surface area contributed by atoms with Crippen LogP contribution < -0.4 is 0 Å². The summed E-state index contributed by atoms with van der Waals surface area (Å²) < 4.78 is 72.4.